The molecule has 0 saturated heterocycles. The first kappa shape index (κ1) is 29.5. The molecular weight excluding hydrogens is 539 g/mol. The van der Waals surface area contributed by atoms with E-state index < -0.39 is 47.0 Å². The van der Waals surface area contributed by atoms with E-state index >= 15 is 0 Å². The number of fused-ring (bicyclic) bond motifs is 1. The zero-order chi connectivity index (χ0) is 23.3. The van der Waals surface area contributed by atoms with E-state index in [2.05, 4.69) is 9.69 Å². The number of nitrogens with one attached hydrogen (secondary N) is 1. The Bertz CT molecular complexity index is 841. The van der Waals surface area contributed by atoms with Crippen molar-refractivity contribution in [1.29, 1.82) is 0 Å². The van der Waals surface area contributed by atoms with Gasteiger partial charge in [0.2, 0.25) is 0 Å². The minimum Gasteiger partial charge on any atom is -0.669 e. The average molecular weight is 558 g/mol. The average Bonchev–Trinajstić information content (AvgIpc) is 2.96. The largest absolute Gasteiger partial charge is 0.669 e. The fourth-order valence-electron chi connectivity index (χ4n) is 2.73. The minimum absolute atomic E-state index is 0. The topological polar surface area (TPSA) is 61.1 Å². The van der Waals surface area contributed by atoms with Crippen LogP contribution in [0.1, 0.15) is 45.6 Å². The summed E-state index contributed by atoms with van der Waals surface area (Å²) in [5.74, 6) is -0.860. The molecule has 174 valence electrons. The number of halogens is 7. The summed E-state index contributed by atoms with van der Waals surface area (Å²) in [4.78, 5) is 10.9. The Balaban J connectivity index is 0.000000555. The summed E-state index contributed by atoms with van der Waals surface area (Å²) in [6, 6.07) is 8.12. The van der Waals surface area contributed by atoms with Crippen LogP contribution in [0.25, 0.3) is 5.73 Å². The van der Waals surface area contributed by atoms with Crippen LogP contribution < -0.4 is 0 Å². The molecule has 0 fully saturated rings. The predicted octanol–water partition coefficient (Wildman–Crippen LogP) is 6.76. The molecule has 3 rings (SSSR count). The third kappa shape index (κ3) is 8.18. The van der Waals surface area contributed by atoms with Crippen LogP contribution in [0.2, 0.25) is 0 Å². The van der Waals surface area contributed by atoms with Gasteiger partial charge < -0.3 is 18.3 Å². The first-order chi connectivity index (χ1) is 13.8. The van der Waals surface area contributed by atoms with Gasteiger partial charge in [0.15, 0.2) is 5.78 Å². The number of benzene rings is 2. The Morgan fingerprint density at radius 2 is 1.48 bits per heavy atom. The Kier molecular flexibility index (Phi) is 11.4. The van der Waals surface area contributed by atoms with Crippen molar-refractivity contribution in [3.8, 4) is 0 Å². The van der Waals surface area contributed by atoms with Crippen molar-refractivity contribution in [3.05, 3.63) is 83.4 Å². The zero-order valence-electron chi connectivity index (χ0n) is 16.2. The SMILES string of the molecule is CC(=O)c1cc(C(F)(F)F)cc(C(F)(F)F)c1.[CH3-].[Cl][Rh+2].[NH-]C1c2ccccc2CC1O. The molecule has 2 N–H and O–H groups in total. The van der Waals surface area contributed by atoms with Crippen LogP contribution in [0, 0.1) is 7.43 Å². The summed E-state index contributed by atoms with van der Waals surface area (Å²) >= 11 is 2.02. The second-order valence-electron chi connectivity index (χ2n) is 6.30. The van der Waals surface area contributed by atoms with Crippen molar-refractivity contribution in [1.82, 2.24) is 0 Å². The van der Waals surface area contributed by atoms with Crippen molar-refractivity contribution in [2.45, 2.75) is 37.8 Å². The number of rotatable bonds is 1. The maximum absolute atomic E-state index is 12.3. The van der Waals surface area contributed by atoms with Gasteiger partial charge in [-0.2, -0.15) is 26.3 Å². The van der Waals surface area contributed by atoms with Crippen molar-refractivity contribution in [2.75, 3.05) is 0 Å². The van der Waals surface area contributed by atoms with Crippen LogP contribution >= 0.6 is 9.69 Å². The second kappa shape index (κ2) is 11.9. The molecule has 0 aromatic heterocycles. The van der Waals surface area contributed by atoms with Gasteiger partial charge in [-0.25, -0.2) is 0 Å². The van der Waals surface area contributed by atoms with E-state index in [1.54, 1.807) is 0 Å². The molecule has 2 aromatic carbocycles. The van der Waals surface area contributed by atoms with Crippen LogP contribution in [0.4, 0.5) is 26.3 Å². The van der Waals surface area contributed by atoms with Crippen LogP contribution in [-0.4, -0.2) is 17.0 Å². The summed E-state index contributed by atoms with van der Waals surface area (Å²) in [6.45, 7) is 0.898. The summed E-state index contributed by atoms with van der Waals surface area (Å²) in [5.41, 5.74) is 6.09. The quantitative estimate of drug-likeness (QED) is 0.182. The van der Waals surface area contributed by atoms with Crippen LogP contribution in [0.3, 0.4) is 0 Å². The van der Waals surface area contributed by atoms with Gasteiger partial charge >= 0.3 is 39.4 Å². The molecule has 0 bridgehead atoms. The number of aliphatic hydroxyl groups excluding tert-OH is 1. The molecule has 0 radical (unpaired) electrons. The number of Topliss-reactive ketones (excluding diaryl/α,β-unsaturated/α-hetero) is 1. The van der Waals surface area contributed by atoms with Gasteiger partial charge in [-0.05, 0) is 37.1 Å². The van der Waals surface area contributed by atoms with Gasteiger partial charge in [0.25, 0.3) is 0 Å². The van der Waals surface area contributed by atoms with Crippen molar-refractivity contribution in [3.63, 3.8) is 0 Å². The van der Waals surface area contributed by atoms with E-state index in [9.17, 15) is 36.2 Å². The number of hydrogen-bond acceptors (Lipinski definition) is 2. The van der Waals surface area contributed by atoms with Gasteiger partial charge in [0.1, 0.15) is 0 Å². The number of ketones is 1. The number of carbonyl (C=O) groups is 1. The third-order valence-electron chi connectivity index (χ3n) is 4.20. The Morgan fingerprint density at radius 3 is 1.87 bits per heavy atom. The molecular formula is C20H19ClF6NO2Rh. The van der Waals surface area contributed by atoms with Crippen molar-refractivity contribution >= 4 is 15.5 Å². The molecule has 2 unspecified atom stereocenters. The number of alkyl halides is 6. The van der Waals surface area contributed by atoms with E-state index in [0.717, 1.165) is 18.1 Å². The summed E-state index contributed by atoms with van der Waals surface area (Å²) in [5, 5.41) is 9.33. The molecule has 11 heteroatoms. The first-order valence-electron chi connectivity index (χ1n) is 8.20. The van der Waals surface area contributed by atoms with Crippen LogP contribution in [0.5, 0.6) is 0 Å². The summed E-state index contributed by atoms with van der Waals surface area (Å²) in [7, 11) is 4.53. The third-order valence-corrected chi connectivity index (χ3v) is 4.20. The fraction of sp³-hybridized carbons (Fsp3) is 0.300. The molecule has 1 aliphatic carbocycles. The molecule has 1 aliphatic rings. The van der Waals surface area contributed by atoms with Gasteiger partial charge in [0.05, 0.1) is 11.1 Å². The van der Waals surface area contributed by atoms with E-state index in [0.29, 0.717) is 18.6 Å². The molecule has 2 aromatic rings. The number of hydrogen-bond donors (Lipinski definition) is 1. The van der Waals surface area contributed by atoms with Crippen molar-refractivity contribution in [2.24, 2.45) is 0 Å². The van der Waals surface area contributed by atoms with Gasteiger partial charge in [0, 0.05) is 11.7 Å². The molecule has 0 saturated carbocycles. The molecule has 0 aliphatic heterocycles. The van der Waals surface area contributed by atoms with Gasteiger partial charge in [-0.15, -0.1) is 0 Å². The molecule has 31 heavy (non-hydrogen) atoms. The van der Waals surface area contributed by atoms with Gasteiger partial charge in [-0.1, -0.05) is 35.9 Å². The summed E-state index contributed by atoms with van der Waals surface area (Å²) < 4.78 is 73.9. The van der Waals surface area contributed by atoms with Gasteiger partial charge in [-0.3, -0.25) is 4.79 Å². The summed E-state index contributed by atoms with van der Waals surface area (Å²) in [6.07, 6.45) is -9.70. The van der Waals surface area contributed by atoms with Crippen LogP contribution in [-0.2, 0) is 36.1 Å². The maximum atomic E-state index is 12.3. The zero-order valence-corrected chi connectivity index (χ0v) is 18.6. The van der Waals surface area contributed by atoms with E-state index in [4.69, 9.17) is 5.73 Å². The monoisotopic (exact) mass is 557 g/mol. The van der Waals surface area contributed by atoms with Crippen LogP contribution in [0.15, 0.2) is 42.5 Å². The fourth-order valence-corrected chi connectivity index (χ4v) is 2.73. The number of carbonyl (C=O) groups excluding carboxylic acids is 1. The first-order valence-corrected chi connectivity index (χ1v) is 10.3. The Morgan fingerprint density at radius 1 is 1.03 bits per heavy atom. The molecule has 0 spiro atoms. The molecule has 3 nitrogen and oxygen atoms in total. The predicted molar refractivity (Wildman–Crippen MR) is 102 cm³/mol. The second-order valence-corrected chi connectivity index (χ2v) is 6.30. The Hall–Kier alpha value is -1.48. The molecule has 2 atom stereocenters. The van der Waals surface area contributed by atoms with Crippen molar-refractivity contribution < 1.29 is 53.6 Å². The maximum Gasteiger partial charge on any atom is 0.0459 e. The van der Waals surface area contributed by atoms with E-state index in [1.165, 1.54) is 0 Å². The smallest absolute Gasteiger partial charge is 0.0459 e. The molecule has 0 heterocycles. The van der Waals surface area contributed by atoms with E-state index in [-0.39, 0.29) is 13.5 Å². The Labute approximate surface area is 190 Å². The molecule has 0 amide bonds. The standard InChI is InChI=1S/C10H6F6O.C9H10NO.CH3.ClH.Rh/c1-5(17)6-2-7(9(11,12)13)4-8(3-6)10(14,15)16;10-9-7-4-2-1-3-6(7)5-8(9)11;;;/h2-4H,1H3;1-4,8-11H,5H2;1H3;1H;/q;2*-1;;+3/p-1. The van der Waals surface area contributed by atoms with E-state index in [1.807, 2.05) is 41.6 Å². The number of aliphatic hydroxyl groups is 1. The normalized spacial score (nSPS) is 17.3. The minimum atomic E-state index is -4.93.